The Labute approximate surface area is 145 Å². The number of carbonyl (C=O) groups excluding carboxylic acids is 1. The number of hydrogen-bond donors (Lipinski definition) is 0. The zero-order valence-electron chi connectivity index (χ0n) is 14.1. The van der Waals surface area contributed by atoms with Gasteiger partial charge in [0.1, 0.15) is 16.2 Å². The highest BCUT2D eigenvalue weighted by Crippen LogP contribution is 2.34. The average Bonchev–Trinajstić information content (AvgIpc) is 2.79. The first-order valence-corrected chi connectivity index (χ1v) is 9.87. The summed E-state index contributed by atoms with van der Waals surface area (Å²) in [4.78, 5) is 25.6. The van der Waals surface area contributed by atoms with Crippen molar-refractivity contribution in [3.05, 3.63) is 16.8 Å². The SMILES string of the molecule is Cc1sc2ncnc(SCC(=O)N3C[C@H](C)C[C@H](C)C3)c2c1C. The highest BCUT2D eigenvalue weighted by molar-refractivity contribution is 8.00. The number of hydrogen-bond acceptors (Lipinski definition) is 5. The third kappa shape index (κ3) is 3.53. The predicted molar refractivity (Wildman–Crippen MR) is 97.1 cm³/mol. The first-order valence-electron chi connectivity index (χ1n) is 8.07. The maximum Gasteiger partial charge on any atom is 0.233 e. The molecule has 0 aliphatic carbocycles. The van der Waals surface area contributed by atoms with Crippen LogP contribution in [0, 0.1) is 25.7 Å². The molecule has 0 saturated carbocycles. The summed E-state index contributed by atoms with van der Waals surface area (Å²) in [6, 6.07) is 0. The van der Waals surface area contributed by atoms with Gasteiger partial charge >= 0.3 is 0 Å². The number of piperidine rings is 1. The van der Waals surface area contributed by atoms with Gasteiger partial charge in [0.25, 0.3) is 0 Å². The van der Waals surface area contributed by atoms with Crippen LogP contribution >= 0.6 is 23.1 Å². The lowest BCUT2D eigenvalue weighted by Crippen LogP contribution is -2.43. The van der Waals surface area contributed by atoms with Gasteiger partial charge in [0, 0.05) is 23.4 Å². The number of carbonyl (C=O) groups is 1. The number of amides is 1. The third-order valence-corrected chi connectivity index (χ3v) is 6.57. The molecule has 1 fully saturated rings. The van der Waals surface area contributed by atoms with Crippen LogP contribution in [0.1, 0.15) is 30.7 Å². The molecule has 1 aliphatic rings. The number of rotatable bonds is 3. The highest BCUT2D eigenvalue weighted by Gasteiger charge is 2.25. The molecule has 1 saturated heterocycles. The van der Waals surface area contributed by atoms with Crippen LogP contribution in [0.2, 0.25) is 0 Å². The molecule has 0 N–H and O–H groups in total. The van der Waals surface area contributed by atoms with E-state index >= 15 is 0 Å². The lowest BCUT2D eigenvalue weighted by molar-refractivity contribution is -0.130. The van der Waals surface area contributed by atoms with Crippen LogP contribution in [0.15, 0.2) is 11.4 Å². The van der Waals surface area contributed by atoms with Crippen molar-refractivity contribution in [1.82, 2.24) is 14.9 Å². The molecule has 23 heavy (non-hydrogen) atoms. The summed E-state index contributed by atoms with van der Waals surface area (Å²) >= 11 is 3.24. The van der Waals surface area contributed by atoms with Crippen LogP contribution in [0.5, 0.6) is 0 Å². The number of fused-ring (bicyclic) bond motifs is 1. The molecule has 0 bridgehead atoms. The lowest BCUT2D eigenvalue weighted by Gasteiger charge is -2.35. The fourth-order valence-electron chi connectivity index (χ4n) is 3.35. The second kappa shape index (κ2) is 6.77. The summed E-state index contributed by atoms with van der Waals surface area (Å²) in [7, 11) is 0. The molecule has 2 aromatic heterocycles. The van der Waals surface area contributed by atoms with E-state index in [2.05, 4.69) is 37.7 Å². The Morgan fingerprint density at radius 2 is 2.00 bits per heavy atom. The summed E-state index contributed by atoms with van der Waals surface area (Å²) < 4.78 is 0. The number of aryl methyl sites for hydroxylation is 2. The normalized spacial score (nSPS) is 21.8. The van der Waals surface area contributed by atoms with Crippen molar-refractivity contribution < 1.29 is 4.79 Å². The zero-order valence-corrected chi connectivity index (χ0v) is 15.8. The number of nitrogens with zero attached hydrogens (tertiary/aromatic N) is 3. The van der Waals surface area contributed by atoms with Gasteiger partial charge in [0.15, 0.2) is 0 Å². The van der Waals surface area contributed by atoms with Crippen molar-refractivity contribution in [3.8, 4) is 0 Å². The molecule has 124 valence electrons. The fraction of sp³-hybridized carbons (Fsp3) is 0.588. The third-order valence-electron chi connectivity index (χ3n) is 4.48. The van der Waals surface area contributed by atoms with E-state index in [1.54, 1.807) is 29.4 Å². The Balaban J connectivity index is 1.72. The van der Waals surface area contributed by atoms with E-state index in [9.17, 15) is 4.79 Å². The van der Waals surface area contributed by atoms with Crippen LogP contribution in [-0.2, 0) is 4.79 Å². The topological polar surface area (TPSA) is 46.1 Å². The number of thioether (sulfide) groups is 1. The average molecular weight is 350 g/mol. The molecule has 1 amide bonds. The van der Waals surface area contributed by atoms with Gasteiger partial charge in [-0.15, -0.1) is 11.3 Å². The summed E-state index contributed by atoms with van der Waals surface area (Å²) in [6.07, 6.45) is 2.83. The molecule has 0 aromatic carbocycles. The smallest absolute Gasteiger partial charge is 0.233 e. The Morgan fingerprint density at radius 1 is 1.30 bits per heavy atom. The number of aromatic nitrogens is 2. The van der Waals surface area contributed by atoms with Crippen molar-refractivity contribution in [3.63, 3.8) is 0 Å². The minimum absolute atomic E-state index is 0.227. The summed E-state index contributed by atoms with van der Waals surface area (Å²) in [5, 5.41) is 2.05. The standard InChI is InChI=1S/C17H23N3OS2/c1-10-5-11(2)7-20(6-10)14(21)8-22-16-15-12(3)13(4)23-17(15)19-9-18-16/h9-11H,5-8H2,1-4H3/t10-,11+. The van der Waals surface area contributed by atoms with Crippen molar-refractivity contribution in [2.75, 3.05) is 18.8 Å². The molecule has 0 unspecified atom stereocenters. The molecular weight excluding hydrogens is 326 g/mol. The number of thiophene rings is 1. The summed E-state index contributed by atoms with van der Waals surface area (Å²) in [6.45, 7) is 10.5. The van der Waals surface area contributed by atoms with Gasteiger partial charge in [0.2, 0.25) is 5.91 Å². The predicted octanol–water partition coefficient (Wildman–Crippen LogP) is 3.90. The maximum atomic E-state index is 12.6. The van der Waals surface area contributed by atoms with Gasteiger partial charge in [-0.3, -0.25) is 4.79 Å². The number of likely N-dealkylation sites (tertiary alicyclic amines) is 1. The fourth-order valence-corrected chi connectivity index (χ4v) is 5.37. The monoisotopic (exact) mass is 349 g/mol. The zero-order chi connectivity index (χ0) is 16.6. The quantitative estimate of drug-likeness (QED) is 0.623. The Kier molecular flexibility index (Phi) is 4.92. The first-order chi connectivity index (χ1) is 11.0. The van der Waals surface area contributed by atoms with Gasteiger partial charge in [-0.2, -0.15) is 0 Å². The van der Waals surface area contributed by atoms with Gasteiger partial charge in [0.05, 0.1) is 5.75 Å². The first kappa shape index (κ1) is 16.7. The molecule has 4 nitrogen and oxygen atoms in total. The van der Waals surface area contributed by atoms with E-state index in [0.29, 0.717) is 17.6 Å². The second-order valence-electron chi connectivity index (χ2n) is 6.68. The van der Waals surface area contributed by atoms with Gasteiger partial charge in [-0.25, -0.2) is 9.97 Å². The minimum Gasteiger partial charge on any atom is -0.341 e. The molecule has 0 radical (unpaired) electrons. The Bertz CT molecular complexity index is 718. The van der Waals surface area contributed by atoms with Crippen molar-refractivity contribution in [2.45, 2.75) is 39.1 Å². The lowest BCUT2D eigenvalue weighted by atomic mass is 9.92. The van der Waals surface area contributed by atoms with E-state index in [4.69, 9.17) is 0 Å². The van der Waals surface area contributed by atoms with E-state index in [1.165, 1.54) is 16.9 Å². The van der Waals surface area contributed by atoms with Crippen LogP contribution in [0.4, 0.5) is 0 Å². The van der Waals surface area contributed by atoms with E-state index in [0.717, 1.165) is 28.3 Å². The Hall–Kier alpha value is -1.14. The summed E-state index contributed by atoms with van der Waals surface area (Å²) in [5.41, 5.74) is 1.24. The maximum absolute atomic E-state index is 12.6. The molecular formula is C17H23N3OS2. The molecule has 2 aromatic rings. The molecule has 0 spiro atoms. The van der Waals surface area contributed by atoms with E-state index < -0.39 is 0 Å². The summed E-state index contributed by atoms with van der Waals surface area (Å²) in [5.74, 6) is 1.88. The van der Waals surface area contributed by atoms with E-state index in [1.807, 2.05) is 4.90 Å². The molecule has 1 aliphatic heterocycles. The molecule has 6 heteroatoms. The Morgan fingerprint density at radius 3 is 2.70 bits per heavy atom. The van der Waals surface area contributed by atoms with Gasteiger partial charge in [-0.1, -0.05) is 25.6 Å². The van der Waals surface area contributed by atoms with Crippen LogP contribution in [-0.4, -0.2) is 39.6 Å². The second-order valence-corrected chi connectivity index (χ2v) is 8.84. The largest absolute Gasteiger partial charge is 0.341 e. The molecule has 3 heterocycles. The van der Waals surface area contributed by atoms with Crippen LogP contribution in [0.25, 0.3) is 10.2 Å². The van der Waals surface area contributed by atoms with Crippen LogP contribution in [0.3, 0.4) is 0 Å². The van der Waals surface area contributed by atoms with E-state index in [-0.39, 0.29) is 5.91 Å². The minimum atomic E-state index is 0.227. The van der Waals surface area contributed by atoms with Crippen LogP contribution < -0.4 is 0 Å². The highest BCUT2D eigenvalue weighted by atomic mass is 32.2. The van der Waals surface area contributed by atoms with Gasteiger partial charge in [-0.05, 0) is 37.7 Å². The van der Waals surface area contributed by atoms with Crippen molar-refractivity contribution in [1.29, 1.82) is 0 Å². The molecule has 3 rings (SSSR count). The van der Waals surface area contributed by atoms with Gasteiger partial charge < -0.3 is 4.90 Å². The van der Waals surface area contributed by atoms with Crippen molar-refractivity contribution in [2.24, 2.45) is 11.8 Å². The molecule has 2 atom stereocenters. The van der Waals surface area contributed by atoms with Crippen molar-refractivity contribution >= 4 is 39.2 Å².